The predicted molar refractivity (Wildman–Crippen MR) is 74.2 cm³/mol. The number of hydrogen-bond donors (Lipinski definition) is 1. The number of pyridine rings is 1. The van der Waals surface area contributed by atoms with Crippen LogP contribution in [0.1, 0.15) is 18.7 Å². The van der Waals surface area contributed by atoms with Crippen LogP contribution in [-0.2, 0) is 0 Å². The molecule has 0 aliphatic carbocycles. The summed E-state index contributed by atoms with van der Waals surface area (Å²) in [5.74, 6) is 0.342. The Morgan fingerprint density at radius 3 is 2.74 bits per heavy atom. The molecule has 2 rings (SSSR count). The Balaban J connectivity index is 2.20. The second kappa shape index (κ2) is 5.89. The van der Waals surface area contributed by atoms with Crippen LogP contribution in [0.2, 0.25) is 5.02 Å². The van der Waals surface area contributed by atoms with E-state index in [2.05, 4.69) is 10.3 Å². The summed E-state index contributed by atoms with van der Waals surface area (Å²) in [4.78, 5) is 4.04. The molecule has 0 radical (unpaired) electrons. The molecule has 5 heteroatoms. The molecule has 3 nitrogen and oxygen atoms in total. The molecule has 0 spiro atoms. The van der Waals surface area contributed by atoms with Crippen LogP contribution in [0.25, 0.3) is 0 Å². The number of anilines is 1. The third-order valence-corrected chi connectivity index (χ3v) is 2.96. The van der Waals surface area contributed by atoms with Crippen molar-refractivity contribution < 1.29 is 9.13 Å². The number of aromatic nitrogens is 1. The van der Waals surface area contributed by atoms with E-state index in [-0.39, 0.29) is 11.9 Å². The molecule has 0 bridgehead atoms. The Labute approximate surface area is 116 Å². The van der Waals surface area contributed by atoms with Gasteiger partial charge < -0.3 is 10.1 Å². The number of benzene rings is 1. The molecule has 0 saturated heterocycles. The average molecular weight is 281 g/mol. The number of halogens is 2. The summed E-state index contributed by atoms with van der Waals surface area (Å²) in [6, 6.07) is 8.26. The van der Waals surface area contributed by atoms with Crippen LogP contribution in [0.3, 0.4) is 0 Å². The summed E-state index contributed by atoms with van der Waals surface area (Å²) in [6.45, 7) is 1.93. The molecule has 1 unspecified atom stereocenters. The standard InChI is InChI=1S/C14H14ClFN2O/c1-9(12-5-4-11(16)8-17-12)18-13-7-10(15)3-6-14(13)19-2/h3-9,18H,1-2H3. The van der Waals surface area contributed by atoms with Crippen LogP contribution in [0.15, 0.2) is 36.5 Å². The fraction of sp³-hybridized carbons (Fsp3) is 0.214. The Kier molecular flexibility index (Phi) is 4.22. The molecule has 1 atom stereocenters. The van der Waals surface area contributed by atoms with Gasteiger partial charge in [0.1, 0.15) is 11.6 Å². The number of nitrogens with one attached hydrogen (secondary N) is 1. The number of nitrogens with zero attached hydrogens (tertiary/aromatic N) is 1. The first kappa shape index (κ1) is 13.6. The van der Waals surface area contributed by atoms with E-state index >= 15 is 0 Å². The van der Waals surface area contributed by atoms with Gasteiger partial charge in [0.25, 0.3) is 0 Å². The lowest BCUT2D eigenvalue weighted by Crippen LogP contribution is -2.09. The fourth-order valence-electron chi connectivity index (χ4n) is 1.74. The van der Waals surface area contributed by atoms with Crippen molar-refractivity contribution in [3.8, 4) is 5.75 Å². The molecule has 1 aromatic heterocycles. The molecular weight excluding hydrogens is 267 g/mol. The molecule has 0 saturated carbocycles. The Bertz CT molecular complexity index is 560. The summed E-state index contributed by atoms with van der Waals surface area (Å²) in [5, 5.41) is 3.86. The number of ether oxygens (including phenoxy) is 1. The minimum Gasteiger partial charge on any atom is -0.495 e. The van der Waals surface area contributed by atoms with Crippen LogP contribution in [0, 0.1) is 5.82 Å². The third kappa shape index (κ3) is 3.35. The van der Waals surface area contributed by atoms with Gasteiger partial charge in [0.2, 0.25) is 0 Å². The van der Waals surface area contributed by atoms with E-state index in [1.165, 1.54) is 12.3 Å². The van der Waals surface area contributed by atoms with Crippen LogP contribution < -0.4 is 10.1 Å². The second-order valence-electron chi connectivity index (χ2n) is 4.11. The van der Waals surface area contributed by atoms with Gasteiger partial charge in [0.15, 0.2) is 0 Å². The van der Waals surface area contributed by atoms with E-state index in [1.807, 2.05) is 6.92 Å². The molecule has 0 fully saturated rings. The lowest BCUT2D eigenvalue weighted by Gasteiger charge is -2.17. The van der Waals surface area contributed by atoms with Gasteiger partial charge in [-0.05, 0) is 37.3 Å². The Morgan fingerprint density at radius 1 is 1.32 bits per heavy atom. The molecule has 0 aliphatic heterocycles. The van der Waals surface area contributed by atoms with Gasteiger partial charge >= 0.3 is 0 Å². The smallest absolute Gasteiger partial charge is 0.142 e. The number of methoxy groups -OCH3 is 1. The summed E-state index contributed by atoms with van der Waals surface area (Å²) in [7, 11) is 1.59. The first-order valence-corrected chi connectivity index (χ1v) is 6.19. The second-order valence-corrected chi connectivity index (χ2v) is 4.55. The maximum absolute atomic E-state index is 12.8. The van der Waals surface area contributed by atoms with Gasteiger partial charge in [-0.1, -0.05) is 11.6 Å². The van der Waals surface area contributed by atoms with E-state index in [1.54, 1.807) is 31.4 Å². The van der Waals surface area contributed by atoms with Crippen molar-refractivity contribution >= 4 is 17.3 Å². The highest BCUT2D eigenvalue weighted by Crippen LogP contribution is 2.30. The fourth-order valence-corrected chi connectivity index (χ4v) is 1.92. The number of rotatable bonds is 4. The van der Waals surface area contributed by atoms with Crippen molar-refractivity contribution in [3.05, 3.63) is 53.1 Å². The zero-order valence-electron chi connectivity index (χ0n) is 10.7. The lowest BCUT2D eigenvalue weighted by molar-refractivity contribution is 0.416. The quantitative estimate of drug-likeness (QED) is 0.917. The lowest BCUT2D eigenvalue weighted by atomic mass is 10.2. The Morgan fingerprint density at radius 2 is 2.11 bits per heavy atom. The highest BCUT2D eigenvalue weighted by Gasteiger charge is 2.10. The summed E-state index contributed by atoms with van der Waals surface area (Å²) >= 11 is 5.96. The maximum Gasteiger partial charge on any atom is 0.142 e. The third-order valence-electron chi connectivity index (χ3n) is 2.73. The molecule has 19 heavy (non-hydrogen) atoms. The summed E-state index contributed by atoms with van der Waals surface area (Å²) in [5.41, 5.74) is 1.51. The van der Waals surface area contributed by atoms with E-state index in [0.717, 1.165) is 11.4 Å². The van der Waals surface area contributed by atoms with Crippen LogP contribution in [0.4, 0.5) is 10.1 Å². The molecule has 1 aromatic carbocycles. The van der Waals surface area contributed by atoms with Crippen molar-refractivity contribution in [1.29, 1.82) is 0 Å². The van der Waals surface area contributed by atoms with E-state index in [9.17, 15) is 4.39 Å². The monoisotopic (exact) mass is 280 g/mol. The first-order valence-electron chi connectivity index (χ1n) is 5.81. The minimum absolute atomic E-state index is 0.0898. The van der Waals surface area contributed by atoms with Crippen molar-refractivity contribution in [2.75, 3.05) is 12.4 Å². The molecule has 1 N–H and O–H groups in total. The Hall–Kier alpha value is -1.81. The van der Waals surface area contributed by atoms with Crippen molar-refractivity contribution in [1.82, 2.24) is 4.98 Å². The van der Waals surface area contributed by atoms with Crippen molar-refractivity contribution in [2.45, 2.75) is 13.0 Å². The summed E-state index contributed by atoms with van der Waals surface area (Å²) < 4.78 is 18.1. The van der Waals surface area contributed by atoms with Gasteiger partial charge in [-0.15, -0.1) is 0 Å². The highest BCUT2D eigenvalue weighted by molar-refractivity contribution is 6.30. The maximum atomic E-state index is 12.8. The zero-order chi connectivity index (χ0) is 13.8. The minimum atomic E-state index is -0.351. The van der Waals surface area contributed by atoms with Crippen LogP contribution >= 0.6 is 11.6 Å². The average Bonchev–Trinajstić information content (AvgIpc) is 2.39. The molecule has 100 valence electrons. The van der Waals surface area contributed by atoms with Gasteiger partial charge in [0.05, 0.1) is 30.7 Å². The van der Waals surface area contributed by atoms with Crippen LogP contribution in [-0.4, -0.2) is 12.1 Å². The number of hydrogen-bond acceptors (Lipinski definition) is 3. The SMILES string of the molecule is COc1ccc(Cl)cc1NC(C)c1ccc(F)cn1. The van der Waals surface area contributed by atoms with Crippen LogP contribution in [0.5, 0.6) is 5.75 Å². The van der Waals surface area contributed by atoms with Crippen molar-refractivity contribution in [2.24, 2.45) is 0 Å². The highest BCUT2D eigenvalue weighted by atomic mass is 35.5. The first-order chi connectivity index (χ1) is 9.10. The normalized spacial score (nSPS) is 12.0. The predicted octanol–water partition coefficient (Wildman–Crippen LogP) is 4.06. The molecule has 0 amide bonds. The van der Waals surface area contributed by atoms with Gasteiger partial charge in [-0.3, -0.25) is 4.98 Å². The topological polar surface area (TPSA) is 34.1 Å². The largest absolute Gasteiger partial charge is 0.495 e. The zero-order valence-corrected chi connectivity index (χ0v) is 11.4. The van der Waals surface area contributed by atoms with E-state index in [4.69, 9.17) is 16.3 Å². The summed E-state index contributed by atoms with van der Waals surface area (Å²) in [6.07, 6.45) is 1.20. The molecule has 2 aromatic rings. The van der Waals surface area contributed by atoms with Gasteiger partial charge in [0, 0.05) is 5.02 Å². The van der Waals surface area contributed by atoms with Gasteiger partial charge in [-0.2, -0.15) is 0 Å². The molecule has 1 heterocycles. The molecular formula is C14H14ClFN2O. The van der Waals surface area contributed by atoms with Gasteiger partial charge in [-0.25, -0.2) is 4.39 Å². The molecule has 0 aliphatic rings. The van der Waals surface area contributed by atoms with E-state index < -0.39 is 0 Å². The van der Waals surface area contributed by atoms with E-state index in [0.29, 0.717) is 10.8 Å². The van der Waals surface area contributed by atoms with Crippen molar-refractivity contribution in [3.63, 3.8) is 0 Å².